The fourth-order valence-corrected chi connectivity index (χ4v) is 10.8. The third-order valence-electron chi connectivity index (χ3n) is 15.4. The van der Waals surface area contributed by atoms with Crippen LogP contribution in [-0.2, 0) is 20.6 Å². The van der Waals surface area contributed by atoms with Gasteiger partial charge in [0, 0.05) is 44.3 Å². The van der Waals surface area contributed by atoms with Crippen LogP contribution in [0.3, 0.4) is 0 Å². The number of nitrogens with one attached hydrogen (secondary N) is 2. The van der Waals surface area contributed by atoms with E-state index in [0.717, 1.165) is 18.4 Å². The van der Waals surface area contributed by atoms with E-state index in [9.17, 15) is 61.3 Å². The van der Waals surface area contributed by atoms with Gasteiger partial charge in [-0.1, -0.05) is 49.7 Å². The largest absolute Gasteiger partial charge is 0.462 e. The van der Waals surface area contributed by atoms with Crippen molar-refractivity contribution in [2.24, 2.45) is 0 Å². The average Bonchev–Trinajstić information content (AvgIpc) is 4.07. The van der Waals surface area contributed by atoms with E-state index in [1.807, 2.05) is 72.8 Å². The van der Waals surface area contributed by atoms with E-state index < -0.39 is 112 Å². The van der Waals surface area contributed by atoms with Crippen LogP contribution >= 0.6 is 0 Å². The Labute approximate surface area is 468 Å². The highest BCUT2D eigenvalue weighted by Gasteiger charge is 2.47. The van der Waals surface area contributed by atoms with Gasteiger partial charge in [-0.05, 0) is 114 Å². The SMILES string of the molecule is CCCCc1c2nc(c(-c3ccc(O[C@@H]4O[C@H](CO)[C@@H](O)[C@H](O)[C@H]4O)cc3)c3ccc([nH]3)c(-c3ccc(O[C@@H]4O[C@H](CO)[C@@H](O)[C@H](O)[C@H]4O)cc3)c3ccc([nH]3)c(-c3ccc(O[C@@H]4O[C@H](CO)[C@@H](O)[C@H](O)[C@H]4O)cc3)c3nc1C=C3)C=C2. The molecule has 0 radical (unpaired) electrons. The van der Waals surface area contributed by atoms with Crippen LogP contribution in [0.25, 0.3) is 79.8 Å². The van der Waals surface area contributed by atoms with Crippen molar-refractivity contribution >= 4 is 46.4 Å². The molecule has 432 valence electrons. The van der Waals surface area contributed by atoms with Crippen LogP contribution in [0.4, 0.5) is 0 Å². The first-order valence-electron chi connectivity index (χ1n) is 27.0. The molecule has 3 aromatic carbocycles. The highest BCUT2D eigenvalue weighted by molar-refractivity contribution is 5.99. The first-order chi connectivity index (χ1) is 39.7. The number of aliphatic hydroxyl groups excluding tert-OH is 12. The summed E-state index contributed by atoms with van der Waals surface area (Å²) in [4.78, 5) is 18.0. The van der Waals surface area contributed by atoms with Crippen molar-refractivity contribution in [3.63, 3.8) is 0 Å². The van der Waals surface area contributed by atoms with Gasteiger partial charge in [0.05, 0.1) is 42.6 Å². The molecule has 0 unspecified atom stereocenters. The number of unbranched alkanes of at least 4 members (excludes halogenated alkanes) is 1. The summed E-state index contributed by atoms with van der Waals surface area (Å²) in [6.45, 7) is 0.256. The monoisotopic (exact) mass is 1130 g/mol. The zero-order valence-electron chi connectivity index (χ0n) is 44.2. The predicted molar refractivity (Wildman–Crippen MR) is 297 cm³/mol. The van der Waals surface area contributed by atoms with E-state index >= 15 is 0 Å². The molecule has 5 aliphatic heterocycles. The normalized spacial score (nSPS) is 29.0. The molecule has 82 heavy (non-hydrogen) atoms. The molecule has 0 amide bonds. The van der Waals surface area contributed by atoms with Crippen molar-refractivity contribution in [2.45, 2.75) is 118 Å². The molecule has 3 saturated heterocycles. The fraction of sp³-hybridized carbons (Fsp3) is 0.367. The van der Waals surface area contributed by atoms with Gasteiger partial charge in [-0.25, -0.2) is 9.97 Å². The smallest absolute Gasteiger partial charge is 0.229 e. The van der Waals surface area contributed by atoms with Gasteiger partial charge in [0.15, 0.2) is 0 Å². The minimum Gasteiger partial charge on any atom is -0.462 e. The van der Waals surface area contributed by atoms with Crippen molar-refractivity contribution in [2.75, 3.05) is 19.8 Å². The molecule has 22 nitrogen and oxygen atoms in total. The quantitative estimate of drug-likeness (QED) is 0.0701. The number of fused-ring (bicyclic) bond motifs is 8. The standard InChI is InChI=1S/C60H64N4O18/c1-2-3-4-34-35-17-19-37(61-35)46(28-5-11-31(12-6-28)77-58-55(74)52(71)49(68)43(25-65)80-58)39-21-23-41(63-39)48(30-9-15-33(16-10-30)79-60-57(76)54(73)51(70)45(27-67)82-60)42-24-22-40(64-42)47(38-20-18-36(34)62-38)29-7-13-32(14-8-29)78-59-56(75)53(72)50(69)44(26-66)81-59/h5-24,43-45,49-60,63-76H,2-4,25-27H2,1H3/t43-,44-,45-,49-,50-,51-,52+,53+,54+,55-,56-,57-,58-,59-,60-/m1/s1. The maximum atomic E-state index is 10.8. The Morgan fingerprint density at radius 1 is 0.390 bits per heavy atom. The number of hydrogen-bond acceptors (Lipinski definition) is 20. The van der Waals surface area contributed by atoms with Crippen LogP contribution in [0.15, 0.2) is 97.1 Å². The first kappa shape index (κ1) is 56.9. The Morgan fingerprint density at radius 3 is 1.01 bits per heavy atom. The lowest BCUT2D eigenvalue weighted by Crippen LogP contribution is -2.60. The summed E-state index contributed by atoms with van der Waals surface area (Å²) in [7, 11) is 0. The average molecular weight is 1130 g/mol. The maximum Gasteiger partial charge on any atom is 0.229 e. The molecule has 11 rings (SSSR count). The summed E-state index contributed by atoms with van der Waals surface area (Å²) in [6.07, 6.45) is -11.9. The fourth-order valence-electron chi connectivity index (χ4n) is 10.8. The van der Waals surface area contributed by atoms with Crippen molar-refractivity contribution in [1.82, 2.24) is 19.9 Å². The summed E-state index contributed by atoms with van der Waals surface area (Å²) in [5.41, 5.74) is 10.5. The van der Waals surface area contributed by atoms with Crippen LogP contribution in [-0.4, -0.2) is 193 Å². The molecule has 3 fully saturated rings. The molecule has 6 aromatic rings. The zero-order valence-corrected chi connectivity index (χ0v) is 44.2. The summed E-state index contributed by atoms with van der Waals surface area (Å²) in [5, 5.41) is 124. The van der Waals surface area contributed by atoms with Gasteiger partial charge in [-0.2, -0.15) is 0 Å². The van der Waals surface area contributed by atoms with E-state index in [0.29, 0.717) is 84.6 Å². The molecule has 15 atom stereocenters. The van der Waals surface area contributed by atoms with Crippen molar-refractivity contribution < 1.29 is 89.7 Å². The Hall–Kier alpha value is -6.94. The van der Waals surface area contributed by atoms with Crippen LogP contribution in [0.2, 0.25) is 0 Å². The molecular formula is C60H64N4O18. The number of H-pyrrole nitrogens is 2. The molecule has 14 N–H and O–H groups in total. The van der Waals surface area contributed by atoms with Crippen LogP contribution in [0, 0.1) is 0 Å². The number of rotatable bonds is 15. The van der Waals surface area contributed by atoms with Crippen molar-refractivity contribution in [3.05, 3.63) is 125 Å². The molecule has 0 spiro atoms. The minimum absolute atomic E-state index is 0.247. The second kappa shape index (κ2) is 24.1. The number of nitrogens with zero attached hydrogens (tertiary/aromatic N) is 2. The topological polar surface area (TPSA) is 356 Å². The third kappa shape index (κ3) is 11.1. The van der Waals surface area contributed by atoms with Crippen molar-refractivity contribution in [3.8, 4) is 50.6 Å². The molecule has 5 aliphatic rings. The number of benzene rings is 3. The Balaban J connectivity index is 1.06. The summed E-state index contributed by atoms with van der Waals surface area (Å²) in [5.74, 6) is 0.782. The van der Waals surface area contributed by atoms with Gasteiger partial charge in [0.1, 0.15) is 90.5 Å². The first-order valence-corrected chi connectivity index (χ1v) is 27.0. The number of hydrogen-bond donors (Lipinski definition) is 14. The Bertz CT molecular complexity index is 3280. The van der Waals surface area contributed by atoms with E-state index in [-0.39, 0.29) is 17.2 Å². The maximum absolute atomic E-state index is 10.8. The lowest BCUT2D eigenvalue weighted by Gasteiger charge is -2.39. The molecule has 22 heteroatoms. The summed E-state index contributed by atoms with van der Waals surface area (Å²) < 4.78 is 34.8. The number of aromatic amines is 2. The van der Waals surface area contributed by atoms with Crippen LogP contribution < -0.4 is 14.2 Å². The van der Waals surface area contributed by atoms with Gasteiger partial charge >= 0.3 is 0 Å². The second-order valence-corrected chi connectivity index (χ2v) is 20.7. The lowest BCUT2D eigenvalue weighted by molar-refractivity contribution is -0.277. The van der Waals surface area contributed by atoms with Gasteiger partial charge < -0.3 is 99.7 Å². The van der Waals surface area contributed by atoms with E-state index in [1.54, 1.807) is 48.5 Å². The zero-order chi connectivity index (χ0) is 57.5. The Kier molecular flexibility index (Phi) is 16.7. The van der Waals surface area contributed by atoms with E-state index in [1.165, 1.54) is 0 Å². The van der Waals surface area contributed by atoms with Gasteiger partial charge in [0.2, 0.25) is 18.9 Å². The minimum atomic E-state index is -1.64. The van der Waals surface area contributed by atoms with E-state index in [2.05, 4.69) is 16.9 Å². The van der Waals surface area contributed by atoms with Gasteiger partial charge in [0.25, 0.3) is 0 Å². The number of aromatic nitrogens is 4. The van der Waals surface area contributed by atoms with E-state index in [4.69, 9.17) is 38.4 Å². The Morgan fingerprint density at radius 2 is 0.695 bits per heavy atom. The molecule has 8 heterocycles. The highest BCUT2D eigenvalue weighted by Crippen LogP contribution is 2.39. The number of ether oxygens (including phenoxy) is 6. The molecule has 8 bridgehead atoms. The lowest BCUT2D eigenvalue weighted by atomic mass is 9.99. The summed E-state index contributed by atoms with van der Waals surface area (Å²) >= 11 is 0. The second-order valence-electron chi connectivity index (χ2n) is 20.7. The molecule has 3 aromatic heterocycles. The van der Waals surface area contributed by atoms with Crippen LogP contribution in [0.5, 0.6) is 17.2 Å². The summed E-state index contributed by atoms with van der Waals surface area (Å²) in [6, 6.07) is 28.6. The molecule has 0 saturated carbocycles. The van der Waals surface area contributed by atoms with Gasteiger partial charge in [-0.3, -0.25) is 0 Å². The van der Waals surface area contributed by atoms with Gasteiger partial charge in [-0.15, -0.1) is 0 Å². The predicted octanol–water partition coefficient (Wildman–Crippen LogP) is 2.54. The highest BCUT2D eigenvalue weighted by atomic mass is 16.7. The third-order valence-corrected chi connectivity index (χ3v) is 15.4. The molecular weight excluding hydrogens is 1060 g/mol. The number of aliphatic hydroxyl groups is 12. The molecule has 0 aliphatic carbocycles. The van der Waals surface area contributed by atoms with Crippen molar-refractivity contribution in [1.29, 1.82) is 0 Å². The van der Waals surface area contributed by atoms with Crippen LogP contribution in [0.1, 0.15) is 48.1 Å².